The number of nitrogens with zero attached hydrogens (tertiary/aromatic N) is 2. The fourth-order valence-corrected chi connectivity index (χ4v) is 4.80. The van der Waals surface area contributed by atoms with E-state index in [0.717, 1.165) is 30.6 Å². The van der Waals surface area contributed by atoms with Crippen molar-refractivity contribution in [2.24, 2.45) is 4.99 Å². The number of aliphatic imine (C=N–C) groups is 1. The molecule has 0 bridgehead atoms. The fourth-order valence-electron chi connectivity index (χ4n) is 3.66. The molecule has 0 unspecified atom stereocenters. The SMILES string of the molecule is CCCCCOc1ccc([C@H]2C(C(=O)OCC)=C(C)N=C3S[C@@H](CC)C(=O)N32)cc1. The van der Waals surface area contributed by atoms with E-state index in [9.17, 15) is 9.59 Å². The van der Waals surface area contributed by atoms with E-state index < -0.39 is 12.0 Å². The van der Waals surface area contributed by atoms with Gasteiger partial charge in [-0.3, -0.25) is 9.69 Å². The Labute approximate surface area is 182 Å². The van der Waals surface area contributed by atoms with Crippen molar-refractivity contribution >= 4 is 28.8 Å². The normalized spacial score (nSPS) is 20.9. The topological polar surface area (TPSA) is 68.2 Å². The van der Waals surface area contributed by atoms with Crippen LogP contribution in [0.15, 0.2) is 40.5 Å². The molecular formula is C23H30N2O4S. The van der Waals surface area contributed by atoms with E-state index in [-0.39, 0.29) is 17.8 Å². The van der Waals surface area contributed by atoms with Crippen LogP contribution < -0.4 is 4.74 Å². The Morgan fingerprint density at radius 2 is 1.90 bits per heavy atom. The molecule has 2 aliphatic rings. The van der Waals surface area contributed by atoms with Gasteiger partial charge in [-0.2, -0.15) is 0 Å². The van der Waals surface area contributed by atoms with E-state index in [1.165, 1.54) is 11.8 Å². The van der Waals surface area contributed by atoms with Crippen LogP contribution >= 0.6 is 11.8 Å². The fraction of sp³-hybridized carbons (Fsp3) is 0.522. The number of thioether (sulfide) groups is 1. The van der Waals surface area contributed by atoms with Gasteiger partial charge >= 0.3 is 5.97 Å². The standard InChI is InChI=1S/C23H30N2O4S/c1-5-8-9-14-29-17-12-10-16(11-13-17)20-19(22(27)28-7-3)15(4)24-23-25(20)21(26)18(6-2)30-23/h10-13,18,20H,5-9,14H2,1-4H3/t18-,20-/m0/s1. The minimum absolute atomic E-state index is 0.0135. The molecule has 0 aliphatic carbocycles. The van der Waals surface area contributed by atoms with Gasteiger partial charge in [0, 0.05) is 0 Å². The lowest BCUT2D eigenvalue weighted by molar-refractivity contribution is -0.139. The first kappa shape index (κ1) is 22.4. The number of hydrogen-bond donors (Lipinski definition) is 0. The first-order valence-corrected chi connectivity index (χ1v) is 11.6. The molecule has 0 aromatic heterocycles. The van der Waals surface area contributed by atoms with Gasteiger partial charge in [0.2, 0.25) is 5.91 Å². The van der Waals surface area contributed by atoms with Gasteiger partial charge < -0.3 is 9.47 Å². The van der Waals surface area contributed by atoms with Crippen molar-refractivity contribution < 1.29 is 19.1 Å². The summed E-state index contributed by atoms with van der Waals surface area (Å²) in [5.41, 5.74) is 1.86. The zero-order valence-electron chi connectivity index (χ0n) is 18.1. The Morgan fingerprint density at radius 3 is 2.53 bits per heavy atom. The van der Waals surface area contributed by atoms with Crippen LogP contribution in [0.1, 0.15) is 65.0 Å². The number of fused-ring (bicyclic) bond motifs is 1. The number of rotatable bonds is 9. The largest absolute Gasteiger partial charge is 0.494 e. The van der Waals surface area contributed by atoms with Crippen LogP contribution in [-0.4, -0.2) is 40.4 Å². The smallest absolute Gasteiger partial charge is 0.338 e. The molecule has 1 aromatic carbocycles. The first-order valence-electron chi connectivity index (χ1n) is 10.7. The summed E-state index contributed by atoms with van der Waals surface area (Å²) in [7, 11) is 0. The van der Waals surface area contributed by atoms with E-state index in [0.29, 0.717) is 29.5 Å². The van der Waals surface area contributed by atoms with Crippen LogP contribution in [0.2, 0.25) is 0 Å². The van der Waals surface area contributed by atoms with Gasteiger partial charge in [0.05, 0.1) is 35.8 Å². The molecule has 0 radical (unpaired) electrons. The predicted octanol–water partition coefficient (Wildman–Crippen LogP) is 4.86. The molecule has 2 heterocycles. The zero-order valence-corrected chi connectivity index (χ0v) is 19.0. The molecule has 1 saturated heterocycles. The van der Waals surface area contributed by atoms with Gasteiger partial charge in [0.1, 0.15) is 5.75 Å². The van der Waals surface area contributed by atoms with Crippen molar-refractivity contribution in [3.8, 4) is 5.75 Å². The molecule has 2 atom stereocenters. The second kappa shape index (κ2) is 10.2. The Kier molecular flexibility index (Phi) is 7.58. The lowest BCUT2D eigenvalue weighted by atomic mass is 9.94. The zero-order chi connectivity index (χ0) is 21.7. The van der Waals surface area contributed by atoms with Crippen molar-refractivity contribution in [3.63, 3.8) is 0 Å². The van der Waals surface area contributed by atoms with E-state index in [4.69, 9.17) is 9.47 Å². The molecule has 0 spiro atoms. The third-order valence-corrected chi connectivity index (χ3v) is 6.55. The molecule has 3 rings (SSSR count). The summed E-state index contributed by atoms with van der Waals surface area (Å²) in [5.74, 6) is 0.340. The van der Waals surface area contributed by atoms with Crippen LogP contribution in [0, 0.1) is 0 Å². The minimum atomic E-state index is -0.540. The van der Waals surface area contributed by atoms with Crippen LogP contribution in [0.3, 0.4) is 0 Å². The van der Waals surface area contributed by atoms with Crippen molar-refractivity contribution in [1.82, 2.24) is 4.90 Å². The van der Waals surface area contributed by atoms with Gasteiger partial charge in [0.25, 0.3) is 0 Å². The number of unbranched alkanes of at least 4 members (excludes halogenated alkanes) is 2. The Bertz CT molecular complexity index is 847. The lowest BCUT2D eigenvalue weighted by Gasteiger charge is -2.33. The molecule has 2 aliphatic heterocycles. The number of hydrogen-bond acceptors (Lipinski definition) is 6. The second-order valence-electron chi connectivity index (χ2n) is 7.36. The summed E-state index contributed by atoms with van der Waals surface area (Å²) in [6.45, 7) is 8.67. The minimum Gasteiger partial charge on any atom is -0.494 e. The average Bonchev–Trinajstić information content (AvgIpc) is 3.06. The van der Waals surface area contributed by atoms with Gasteiger partial charge in [-0.15, -0.1) is 0 Å². The van der Waals surface area contributed by atoms with Crippen molar-refractivity contribution in [1.29, 1.82) is 0 Å². The number of carbonyl (C=O) groups excluding carboxylic acids is 2. The number of ether oxygens (including phenoxy) is 2. The van der Waals surface area contributed by atoms with Crippen molar-refractivity contribution in [2.75, 3.05) is 13.2 Å². The Balaban J connectivity index is 1.92. The highest BCUT2D eigenvalue weighted by atomic mass is 32.2. The second-order valence-corrected chi connectivity index (χ2v) is 8.53. The van der Waals surface area contributed by atoms with Crippen LogP contribution in [-0.2, 0) is 14.3 Å². The summed E-state index contributed by atoms with van der Waals surface area (Å²) in [6.07, 6.45) is 4.02. The molecule has 1 amide bonds. The quantitative estimate of drug-likeness (QED) is 0.413. The molecule has 30 heavy (non-hydrogen) atoms. The van der Waals surface area contributed by atoms with Gasteiger partial charge in [-0.25, -0.2) is 9.79 Å². The third-order valence-electron chi connectivity index (χ3n) is 5.23. The Morgan fingerprint density at radius 1 is 1.17 bits per heavy atom. The maximum Gasteiger partial charge on any atom is 0.338 e. The van der Waals surface area contributed by atoms with Gasteiger partial charge in [-0.05, 0) is 44.4 Å². The van der Waals surface area contributed by atoms with E-state index in [2.05, 4.69) is 11.9 Å². The average molecular weight is 431 g/mol. The number of esters is 1. The van der Waals surface area contributed by atoms with Crippen LogP contribution in [0.5, 0.6) is 5.75 Å². The third kappa shape index (κ3) is 4.56. The van der Waals surface area contributed by atoms with Crippen LogP contribution in [0.25, 0.3) is 0 Å². The number of amidine groups is 1. The maximum atomic E-state index is 13.1. The summed E-state index contributed by atoms with van der Waals surface area (Å²) in [5, 5.41) is 0.476. The summed E-state index contributed by atoms with van der Waals surface area (Å²) in [4.78, 5) is 32.1. The molecular weight excluding hydrogens is 400 g/mol. The summed E-state index contributed by atoms with van der Waals surface area (Å²) < 4.78 is 11.1. The first-order chi connectivity index (χ1) is 14.5. The highest BCUT2D eigenvalue weighted by molar-refractivity contribution is 8.15. The van der Waals surface area contributed by atoms with Gasteiger partial charge in [0.15, 0.2) is 5.17 Å². The van der Waals surface area contributed by atoms with Gasteiger partial charge in [-0.1, -0.05) is 50.6 Å². The molecule has 7 heteroatoms. The number of benzene rings is 1. The number of allylic oxidation sites excluding steroid dienone is 1. The van der Waals surface area contributed by atoms with Crippen molar-refractivity contribution in [3.05, 3.63) is 41.1 Å². The lowest BCUT2D eigenvalue weighted by Crippen LogP contribution is -2.40. The monoisotopic (exact) mass is 430 g/mol. The molecule has 0 N–H and O–H groups in total. The van der Waals surface area contributed by atoms with Crippen LogP contribution in [0.4, 0.5) is 0 Å². The maximum absolute atomic E-state index is 13.1. The predicted molar refractivity (Wildman–Crippen MR) is 119 cm³/mol. The molecule has 1 fully saturated rings. The van der Waals surface area contributed by atoms with Crippen molar-refractivity contribution in [2.45, 2.75) is 64.7 Å². The molecule has 0 saturated carbocycles. The number of carbonyl (C=O) groups is 2. The molecule has 162 valence electrons. The highest BCUT2D eigenvalue weighted by Gasteiger charge is 2.47. The molecule has 1 aromatic rings. The summed E-state index contributed by atoms with van der Waals surface area (Å²) in [6, 6.07) is 7.10. The Hall–Kier alpha value is -2.28. The van der Waals surface area contributed by atoms with E-state index in [1.54, 1.807) is 18.7 Å². The molecule has 6 nitrogen and oxygen atoms in total. The number of amides is 1. The van der Waals surface area contributed by atoms with E-state index in [1.807, 2.05) is 31.2 Å². The highest BCUT2D eigenvalue weighted by Crippen LogP contribution is 2.44. The summed E-state index contributed by atoms with van der Waals surface area (Å²) >= 11 is 1.47. The van der Waals surface area contributed by atoms with E-state index >= 15 is 0 Å².